The molecule has 0 radical (unpaired) electrons. The minimum atomic E-state index is -3.05. The van der Waals surface area contributed by atoms with Crippen molar-refractivity contribution in [2.75, 3.05) is 11.5 Å². The van der Waals surface area contributed by atoms with Gasteiger partial charge >= 0.3 is 0 Å². The van der Waals surface area contributed by atoms with Gasteiger partial charge in [0.1, 0.15) is 11.6 Å². The van der Waals surface area contributed by atoms with Gasteiger partial charge < -0.3 is 5.11 Å². The number of aliphatic hydroxyl groups excluding tert-OH is 1. The zero-order valence-corrected chi connectivity index (χ0v) is 11.4. The van der Waals surface area contributed by atoms with E-state index >= 15 is 0 Å². The zero-order chi connectivity index (χ0) is 14.2. The number of sulfone groups is 1. The van der Waals surface area contributed by atoms with E-state index in [2.05, 4.69) is 0 Å². The summed E-state index contributed by atoms with van der Waals surface area (Å²) in [6, 6.07) is 2.42. The molecule has 0 saturated carbocycles. The van der Waals surface area contributed by atoms with Crippen LogP contribution in [0.2, 0.25) is 0 Å². The molecule has 0 aromatic heterocycles. The highest BCUT2D eigenvalue weighted by atomic mass is 32.2. The molecule has 3 nitrogen and oxygen atoms in total. The molecule has 2 rings (SSSR count). The minimum Gasteiger partial charge on any atom is -0.388 e. The maximum absolute atomic E-state index is 13.8. The fraction of sp³-hybridized carbons (Fsp3) is 0.538. The van der Waals surface area contributed by atoms with Gasteiger partial charge in [0.15, 0.2) is 9.84 Å². The van der Waals surface area contributed by atoms with E-state index in [0.717, 1.165) is 6.07 Å². The molecule has 1 saturated heterocycles. The minimum absolute atomic E-state index is 0.0148. The van der Waals surface area contributed by atoms with Gasteiger partial charge in [-0.3, -0.25) is 0 Å². The third-order valence-electron chi connectivity index (χ3n) is 3.54. The third-order valence-corrected chi connectivity index (χ3v) is 5.37. The van der Waals surface area contributed by atoms with E-state index in [1.54, 1.807) is 0 Å². The van der Waals surface area contributed by atoms with Gasteiger partial charge in [0, 0.05) is 0 Å². The SMILES string of the molecule is Cc1ccc(F)c(C(O)CC2CCS(=O)(=O)C2)c1F. The molecule has 1 aliphatic rings. The predicted octanol–water partition coefficient (Wildman–Crippen LogP) is 2.13. The molecule has 2 atom stereocenters. The van der Waals surface area contributed by atoms with Gasteiger partial charge in [-0.1, -0.05) is 6.07 Å². The standard InChI is InChI=1S/C13H16F2O3S/c1-8-2-3-10(14)12(13(8)15)11(16)6-9-4-5-19(17,18)7-9/h2-3,9,11,16H,4-7H2,1H3. The summed E-state index contributed by atoms with van der Waals surface area (Å²) in [6.45, 7) is 1.49. The van der Waals surface area contributed by atoms with Gasteiger partial charge in [-0.15, -0.1) is 0 Å². The molecule has 1 fully saturated rings. The molecule has 2 unspecified atom stereocenters. The first-order valence-corrected chi connectivity index (χ1v) is 7.95. The number of hydrogen-bond acceptors (Lipinski definition) is 3. The average Bonchev–Trinajstić information content (AvgIpc) is 2.64. The second-order valence-electron chi connectivity index (χ2n) is 5.11. The molecule has 19 heavy (non-hydrogen) atoms. The first-order chi connectivity index (χ1) is 8.80. The molecule has 0 bridgehead atoms. The lowest BCUT2D eigenvalue weighted by Gasteiger charge is -2.17. The molecule has 1 aliphatic heterocycles. The summed E-state index contributed by atoms with van der Waals surface area (Å²) in [6.07, 6.45) is -0.802. The Labute approximate surface area is 111 Å². The van der Waals surface area contributed by atoms with Crippen LogP contribution in [0.3, 0.4) is 0 Å². The summed E-state index contributed by atoms with van der Waals surface area (Å²) in [5.74, 6) is -1.72. The normalized spacial score (nSPS) is 23.5. The molecule has 106 valence electrons. The Kier molecular flexibility index (Phi) is 3.92. The van der Waals surface area contributed by atoms with E-state index in [1.165, 1.54) is 13.0 Å². The average molecular weight is 290 g/mol. The van der Waals surface area contributed by atoms with Crippen LogP contribution in [0.15, 0.2) is 12.1 Å². The van der Waals surface area contributed by atoms with Crippen LogP contribution >= 0.6 is 0 Å². The fourth-order valence-corrected chi connectivity index (χ4v) is 4.36. The van der Waals surface area contributed by atoms with Crippen molar-refractivity contribution < 1.29 is 22.3 Å². The lowest BCUT2D eigenvalue weighted by Crippen LogP contribution is -2.12. The Morgan fingerprint density at radius 2 is 2.11 bits per heavy atom. The van der Waals surface area contributed by atoms with Gasteiger partial charge in [-0.2, -0.15) is 0 Å². The summed E-state index contributed by atoms with van der Waals surface area (Å²) in [7, 11) is -3.05. The number of hydrogen-bond donors (Lipinski definition) is 1. The van der Waals surface area contributed by atoms with Gasteiger partial charge in [0.05, 0.1) is 23.2 Å². The van der Waals surface area contributed by atoms with E-state index in [-0.39, 0.29) is 35.0 Å². The third kappa shape index (κ3) is 3.12. The van der Waals surface area contributed by atoms with E-state index in [9.17, 15) is 22.3 Å². The summed E-state index contributed by atoms with van der Waals surface area (Å²) in [4.78, 5) is 0. The molecule has 0 aliphatic carbocycles. The summed E-state index contributed by atoms with van der Waals surface area (Å²) >= 11 is 0. The van der Waals surface area contributed by atoms with Gasteiger partial charge in [0.25, 0.3) is 0 Å². The van der Waals surface area contributed by atoms with Gasteiger partial charge in [-0.25, -0.2) is 17.2 Å². The summed E-state index contributed by atoms with van der Waals surface area (Å²) < 4.78 is 50.0. The fourth-order valence-electron chi connectivity index (χ4n) is 2.48. The van der Waals surface area contributed by atoms with Gasteiger partial charge in [-0.05, 0) is 37.3 Å². The monoisotopic (exact) mass is 290 g/mol. The number of aryl methyl sites for hydroxylation is 1. The predicted molar refractivity (Wildman–Crippen MR) is 67.4 cm³/mol. The molecular weight excluding hydrogens is 274 g/mol. The second kappa shape index (κ2) is 5.17. The van der Waals surface area contributed by atoms with Crippen LogP contribution < -0.4 is 0 Å². The number of benzene rings is 1. The van der Waals surface area contributed by atoms with E-state index in [1.807, 2.05) is 0 Å². The topological polar surface area (TPSA) is 54.4 Å². The Bertz CT molecular complexity index is 584. The van der Waals surface area contributed by atoms with Crippen molar-refractivity contribution in [1.82, 2.24) is 0 Å². The van der Waals surface area contributed by atoms with E-state index < -0.39 is 27.6 Å². The maximum atomic E-state index is 13.8. The van der Waals surface area contributed by atoms with Crippen molar-refractivity contribution in [1.29, 1.82) is 0 Å². The molecule has 1 N–H and O–H groups in total. The Balaban J connectivity index is 2.17. The lowest BCUT2D eigenvalue weighted by molar-refractivity contribution is 0.140. The Morgan fingerprint density at radius 3 is 2.68 bits per heavy atom. The summed E-state index contributed by atoms with van der Waals surface area (Å²) in [5.41, 5.74) is -0.0983. The van der Waals surface area contributed by atoms with Crippen molar-refractivity contribution in [3.8, 4) is 0 Å². The van der Waals surface area contributed by atoms with Crippen LogP contribution in [-0.2, 0) is 9.84 Å². The highest BCUT2D eigenvalue weighted by molar-refractivity contribution is 7.91. The van der Waals surface area contributed by atoms with Crippen LogP contribution in [0.25, 0.3) is 0 Å². The van der Waals surface area contributed by atoms with Crippen molar-refractivity contribution in [3.05, 3.63) is 34.9 Å². The van der Waals surface area contributed by atoms with E-state index in [4.69, 9.17) is 0 Å². The quantitative estimate of drug-likeness (QED) is 0.928. The number of rotatable bonds is 3. The molecule has 1 aromatic rings. The van der Waals surface area contributed by atoms with Crippen LogP contribution in [0.5, 0.6) is 0 Å². The lowest BCUT2D eigenvalue weighted by atomic mass is 9.95. The molecule has 0 amide bonds. The second-order valence-corrected chi connectivity index (χ2v) is 7.34. The first kappa shape index (κ1) is 14.4. The number of aliphatic hydroxyl groups is 1. The molecule has 1 aromatic carbocycles. The van der Waals surface area contributed by atoms with Crippen LogP contribution in [0, 0.1) is 24.5 Å². The van der Waals surface area contributed by atoms with Gasteiger partial charge in [0.2, 0.25) is 0 Å². The largest absolute Gasteiger partial charge is 0.388 e. The molecular formula is C13H16F2O3S. The van der Waals surface area contributed by atoms with E-state index in [0.29, 0.717) is 6.42 Å². The molecule has 6 heteroatoms. The van der Waals surface area contributed by atoms with Crippen molar-refractivity contribution >= 4 is 9.84 Å². The van der Waals surface area contributed by atoms with Crippen LogP contribution in [0.1, 0.15) is 30.1 Å². The van der Waals surface area contributed by atoms with Crippen molar-refractivity contribution in [2.45, 2.75) is 25.9 Å². The Morgan fingerprint density at radius 1 is 1.42 bits per heavy atom. The Hall–Kier alpha value is -1.01. The smallest absolute Gasteiger partial charge is 0.150 e. The molecule has 1 heterocycles. The van der Waals surface area contributed by atoms with Crippen molar-refractivity contribution in [3.63, 3.8) is 0 Å². The zero-order valence-electron chi connectivity index (χ0n) is 10.6. The maximum Gasteiger partial charge on any atom is 0.150 e. The summed E-state index contributed by atoms with van der Waals surface area (Å²) in [5, 5.41) is 9.96. The number of halogens is 2. The molecule has 0 spiro atoms. The van der Waals surface area contributed by atoms with Crippen molar-refractivity contribution in [2.24, 2.45) is 5.92 Å². The highest BCUT2D eigenvalue weighted by Gasteiger charge is 2.31. The highest BCUT2D eigenvalue weighted by Crippen LogP contribution is 2.32. The van der Waals surface area contributed by atoms with Crippen LogP contribution in [-0.4, -0.2) is 25.0 Å². The first-order valence-electron chi connectivity index (χ1n) is 6.13. The van der Waals surface area contributed by atoms with Crippen LogP contribution in [0.4, 0.5) is 8.78 Å².